The first-order valence-corrected chi connectivity index (χ1v) is 7.83. The first kappa shape index (κ1) is 15.5. The highest BCUT2D eigenvalue weighted by molar-refractivity contribution is 5.78. The standard InChI is InChI=1S/C15H30N2O/c1-2-3-4-5-6-7-8-9-12-16-13-14-10-11-15(18)17-14/h14,16H,2-13H2,1H3,(H,17,18). The van der Waals surface area contributed by atoms with Crippen molar-refractivity contribution < 1.29 is 4.79 Å². The quantitative estimate of drug-likeness (QED) is 0.557. The van der Waals surface area contributed by atoms with Gasteiger partial charge in [-0.25, -0.2) is 0 Å². The second-order valence-electron chi connectivity index (χ2n) is 5.48. The fourth-order valence-corrected chi connectivity index (χ4v) is 2.49. The van der Waals surface area contributed by atoms with Gasteiger partial charge in [-0.05, 0) is 19.4 Å². The molecule has 0 spiro atoms. The lowest BCUT2D eigenvalue weighted by Crippen LogP contribution is -2.35. The van der Waals surface area contributed by atoms with Crippen LogP contribution in [-0.4, -0.2) is 25.0 Å². The molecule has 1 atom stereocenters. The van der Waals surface area contributed by atoms with Gasteiger partial charge in [-0.3, -0.25) is 4.79 Å². The Morgan fingerprint density at radius 3 is 2.39 bits per heavy atom. The van der Waals surface area contributed by atoms with Gasteiger partial charge in [-0.1, -0.05) is 51.9 Å². The molecule has 1 aliphatic heterocycles. The molecule has 1 amide bonds. The summed E-state index contributed by atoms with van der Waals surface area (Å²) in [5.74, 6) is 0.217. The minimum Gasteiger partial charge on any atom is -0.352 e. The molecule has 106 valence electrons. The molecule has 18 heavy (non-hydrogen) atoms. The van der Waals surface area contributed by atoms with E-state index in [9.17, 15) is 4.79 Å². The predicted molar refractivity (Wildman–Crippen MR) is 76.6 cm³/mol. The molecule has 1 rings (SSSR count). The third kappa shape index (κ3) is 7.70. The van der Waals surface area contributed by atoms with Gasteiger partial charge in [0.25, 0.3) is 0 Å². The summed E-state index contributed by atoms with van der Waals surface area (Å²) in [7, 11) is 0. The van der Waals surface area contributed by atoms with E-state index >= 15 is 0 Å². The molecule has 0 aromatic heterocycles. The average Bonchev–Trinajstić information content (AvgIpc) is 2.77. The van der Waals surface area contributed by atoms with Gasteiger partial charge in [0.1, 0.15) is 0 Å². The third-order valence-electron chi connectivity index (χ3n) is 3.68. The largest absolute Gasteiger partial charge is 0.352 e. The van der Waals surface area contributed by atoms with Crippen molar-refractivity contribution in [2.75, 3.05) is 13.1 Å². The molecule has 0 saturated carbocycles. The van der Waals surface area contributed by atoms with Crippen LogP contribution in [0.4, 0.5) is 0 Å². The molecule has 3 nitrogen and oxygen atoms in total. The molecule has 1 saturated heterocycles. The minimum absolute atomic E-state index is 0.217. The van der Waals surface area contributed by atoms with E-state index in [1.165, 1.54) is 51.4 Å². The predicted octanol–water partition coefficient (Wildman–Crippen LogP) is 3.00. The van der Waals surface area contributed by atoms with Crippen LogP contribution >= 0.6 is 0 Å². The second kappa shape index (κ2) is 10.4. The van der Waals surface area contributed by atoms with E-state index < -0.39 is 0 Å². The third-order valence-corrected chi connectivity index (χ3v) is 3.68. The highest BCUT2D eigenvalue weighted by Gasteiger charge is 2.19. The zero-order valence-electron chi connectivity index (χ0n) is 12.0. The number of carbonyl (C=O) groups excluding carboxylic acids is 1. The second-order valence-corrected chi connectivity index (χ2v) is 5.48. The van der Waals surface area contributed by atoms with Crippen molar-refractivity contribution in [3.8, 4) is 0 Å². The van der Waals surface area contributed by atoms with Crippen LogP contribution in [0.15, 0.2) is 0 Å². The van der Waals surface area contributed by atoms with E-state index in [-0.39, 0.29) is 5.91 Å². The minimum atomic E-state index is 0.217. The van der Waals surface area contributed by atoms with E-state index in [2.05, 4.69) is 17.6 Å². The molecule has 1 heterocycles. The maximum Gasteiger partial charge on any atom is 0.220 e. The number of nitrogens with one attached hydrogen (secondary N) is 2. The van der Waals surface area contributed by atoms with Gasteiger partial charge < -0.3 is 10.6 Å². The van der Waals surface area contributed by atoms with Gasteiger partial charge in [0, 0.05) is 19.0 Å². The fourth-order valence-electron chi connectivity index (χ4n) is 2.49. The lowest BCUT2D eigenvalue weighted by Gasteiger charge is -2.10. The van der Waals surface area contributed by atoms with E-state index in [1.807, 2.05) is 0 Å². The lowest BCUT2D eigenvalue weighted by molar-refractivity contribution is -0.119. The molecular formula is C15H30N2O. The van der Waals surface area contributed by atoms with Crippen LogP contribution in [0.2, 0.25) is 0 Å². The van der Waals surface area contributed by atoms with E-state index in [4.69, 9.17) is 0 Å². The van der Waals surface area contributed by atoms with Gasteiger partial charge in [-0.15, -0.1) is 0 Å². The summed E-state index contributed by atoms with van der Waals surface area (Å²) in [4.78, 5) is 11.0. The number of hydrogen-bond acceptors (Lipinski definition) is 2. The Morgan fingerprint density at radius 2 is 1.78 bits per heavy atom. The number of hydrogen-bond donors (Lipinski definition) is 2. The van der Waals surface area contributed by atoms with Crippen LogP contribution in [0.25, 0.3) is 0 Å². The molecule has 2 N–H and O–H groups in total. The smallest absolute Gasteiger partial charge is 0.220 e. The Morgan fingerprint density at radius 1 is 1.11 bits per heavy atom. The van der Waals surface area contributed by atoms with Crippen LogP contribution in [0.3, 0.4) is 0 Å². The van der Waals surface area contributed by atoms with E-state index in [0.717, 1.165) is 19.5 Å². The number of unbranched alkanes of at least 4 members (excludes halogenated alkanes) is 7. The molecule has 3 heteroatoms. The number of rotatable bonds is 11. The highest BCUT2D eigenvalue weighted by atomic mass is 16.1. The summed E-state index contributed by atoms with van der Waals surface area (Å²) in [5.41, 5.74) is 0. The lowest BCUT2D eigenvalue weighted by atomic mass is 10.1. The van der Waals surface area contributed by atoms with Gasteiger partial charge >= 0.3 is 0 Å². The normalized spacial score (nSPS) is 19.2. The van der Waals surface area contributed by atoms with E-state index in [0.29, 0.717) is 12.5 Å². The monoisotopic (exact) mass is 254 g/mol. The zero-order chi connectivity index (χ0) is 13.1. The Hall–Kier alpha value is -0.570. The van der Waals surface area contributed by atoms with Gasteiger partial charge in [0.15, 0.2) is 0 Å². The van der Waals surface area contributed by atoms with Gasteiger partial charge in [0.2, 0.25) is 5.91 Å². The SMILES string of the molecule is CCCCCCCCCCNCC1CCC(=O)N1. The molecule has 1 aliphatic rings. The average molecular weight is 254 g/mol. The van der Waals surface area contributed by atoms with Crippen molar-refractivity contribution in [3.63, 3.8) is 0 Å². The number of carbonyl (C=O) groups is 1. The van der Waals surface area contributed by atoms with Gasteiger partial charge in [-0.2, -0.15) is 0 Å². The van der Waals surface area contributed by atoms with Crippen molar-refractivity contribution >= 4 is 5.91 Å². The van der Waals surface area contributed by atoms with Crippen molar-refractivity contribution in [1.29, 1.82) is 0 Å². The summed E-state index contributed by atoms with van der Waals surface area (Å²) in [6.07, 6.45) is 12.7. The Bertz CT molecular complexity index is 219. The van der Waals surface area contributed by atoms with Crippen LogP contribution in [0.1, 0.15) is 71.1 Å². The maximum absolute atomic E-state index is 11.0. The van der Waals surface area contributed by atoms with Crippen LogP contribution in [0.5, 0.6) is 0 Å². The Balaban J connectivity index is 1.75. The van der Waals surface area contributed by atoms with Crippen LogP contribution < -0.4 is 10.6 Å². The fraction of sp³-hybridized carbons (Fsp3) is 0.933. The Labute approximate surface area is 112 Å². The molecular weight excluding hydrogens is 224 g/mol. The van der Waals surface area contributed by atoms with Crippen LogP contribution in [-0.2, 0) is 4.79 Å². The number of amides is 1. The summed E-state index contributed by atoms with van der Waals surface area (Å²) in [6, 6.07) is 0.381. The van der Waals surface area contributed by atoms with Crippen molar-refractivity contribution in [1.82, 2.24) is 10.6 Å². The van der Waals surface area contributed by atoms with Crippen molar-refractivity contribution in [2.45, 2.75) is 77.2 Å². The summed E-state index contributed by atoms with van der Waals surface area (Å²) in [6.45, 7) is 4.31. The van der Waals surface area contributed by atoms with Crippen molar-refractivity contribution in [3.05, 3.63) is 0 Å². The first-order valence-electron chi connectivity index (χ1n) is 7.83. The molecule has 1 unspecified atom stereocenters. The summed E-state index contributed by atoms with van der Waals surface area (Å²) >= 11 is 0. The van der Waals surface area contributed by atoms with E-state index in [1.54, 1.807) is 0 Å². The zero-order valence-corrected chi connectivity index (χ0v) is 12.0. The molecule has 1 fully saturated rings. The molecule has 0 bridgehead atoms. The Kier molecular flexibility index (Phi) is 8.92. The summed E-state index contributed by atoms with van der Waals surface area (Å²) < 4.78 is 0. The maximum atomic E-state index is 11.0. The van der Waals surface area contributed by atoms with Gasteiger partial charge in [0.05, 0.1) is 0 Å². The molecule has 0 radical (unpaired) electrons. The highest BCUT2D eigenvalue weighted by Crippen LogP contribution is 2.08. The first-order chi connectivity index (χ1) is 8.83. The van der Waals surface area contributed by atoms with Crippen LogP contribution in [0, 0.1) is 0 Å². The topological polar surface area (TPSA) is 41.1 Å². The molecule has 0 aliphatic carbocycles. The van der Waals surface area contributed by atoms with Crippen molar-refractivity contribution in [2.24, 2.45) is 0 Å². The summed E-state index contributed by atoms with van der Waals surface area (Å²) in [5, 5.41) is 6.43. The molecule has 0 aromatic rings. The molecule has 0 aromatic carbocycles.